The van der Waals surface area contributed by atoms with Gasteiger partial charge in [0.05, 0.1) is 25.5 Å². The minimum Gasteiger partial charge on any atom is -0.467 e. The molecule has 2 atom stereocenters. The molecule has 4 rings (SSSR count). The molecule has 26 heavy (non-hydrogen) atoms. The van der Waals surface area contributed by atoms with E-state index in [1.165, 1.54) is 17.2 Å². The molecule has 0 bridgehead atoms. The fourth-order valence-electron chi connectivity index (χ4n) is 3.28. The number of furan rings is 1. The predicted molar refractivity (Wildman–Crippen MR) is 83.7 cm³/mol. The number of ether oxygens (including phenoxy) is 1. The fourth-order valence-corrected chi connectivity index (χ4v) is 3.28. The van der Waals surface area contributed by atoms with Crippen LogP contribution in [0.5, 0.6) is 0 Å². The maximum atomic E-state index is 13.6. The first-order valence-corrected chi connectivity index (χ1v) is 8.26. The number of hydrogen-bond donors (Lipinski definition) is 1. The van der Waals surface area contributed by atoms with E-state index in [0.29, 0.717) is 32.1 Å². The molecule has 0 aliphatic carbocycles. The second-order valence-electron chi connectivity index (χ2n) is 6.27. The Bertz CT molecular complexity index is 781. The molecule has 0 spiro atoms. The Kier molecular flexibility index (Phi) is 4.14. The number of rotatable bonds is 2. The van der Waals surface area contributed by atoms with Gasteiger partial charge >= 0.3 is 6.18 Å². The number of carbonyl (C=O) groups is 1. The number of nitrogens with zero attached hydrogens (tertiary/aromatic N) is 3. The highest BCUT2D eigenvalue weighted by Crippen LogP contribution is 2.43. The van der Waals surface area contributed by atoms with E-state index in [1.54, 1.807) is 12.1 Å². The lowest BCUT2D eigenvalue weighted by Crippen LogP contribution is -2.41. The predicted octanol–water partition coefficient (Wildman–Crippen LogP) is 2.61. The number of anilines is 1. The van der Waals surface area contributed by atoms with Crippen LogP contribution in [0.25, 0.3) is 0 Å². The Balaban J connectivity index is 1.66. The van der Waals surface area contributed by atoms with Crippen LogP contribution >= 0.6 is 0 Å². The number of alkyl halides is 3. The van der Waals surface area contributed by atoms with Crippen molar-refractivity contribution in [3.8, 4) is 0 Å². The molecule has 1 saturated heterocycles. The number of fused-ring (bicyclic) bond motifs is 1. The standard InChI is InChI=1S/C16H17F3N4O3/c17-16(18,19)13-8-10(12-2-1-5-26-12)20-14-9-11(21-23(13)14)15(24)22-3-6-25-7-4-22/h1-2,5,9-10,13,20H,3-4,6-8H2. The number of hydrogen-bond acceptors (Lipinski definition) is 5. The molecule has 0 saturated carbocycles. The molecule has 1 N–H and O–H groups in total. The Morgan fingerprint density at radius 3 is 2.73 bits per heavy atom. The van der Waals surface area contributed by atoms with Gasteiger partial charge in [0, 0.05) is 25.6 Å². The molecule has 0 aromatic carbocycles. The highest BCUT2D eigenvalue weighted by molar-refractivity contribution is 5.93. The van der Waals surface area contributed by atoms with Crippen molar-refractivity contribution in [3.63, 3.8) is 0 Å². The van der Waals surface area contributed by atoms with Crippen LogP contribution in [-0.2, 0) is 4.74 Å². The number of carbonyl (C=O) groups excluding carboxylic acids is 1. The molecule has 7 nitrogen and oxygen atoms in total. The number of amides is 1. The molecule has 2 aromatic rings. The third-order valence-corrected chi connectivity index (χ3v) is 4.59. The van der Waals surface area contributed by atoms with Crippen molar-refractivity contribution < 1.29 is 27.1 Å². The minimum absolute atomic E-state index is 0.0104. The van der Waals surface area contributed by atoms with E-state index >= 15 is 0 Å². The summed E-state index contributed by atoms with van der Waals surface area (Å²) >= 11 is 0. The lowest BCUT2D eigenvalue weighted by Gasteiger charge is -2.32. The number of halogens is 3. The smallest absolute Gasteiger partial charge is 0.410 e. The van der Waals surface area contributed by atoms with Crippen molar-refractivity contribution in [1.29, 1.82) is 0 Å². The molecule has 0 radical (unpaired) electrons. The van der Waals surface area contributed by atoms with Crippen LogP contribution in [0.15, 0.2) is 28.9 Å². The maximum Gasteiger partial charge on any atom is 0.410 e. The van der Waals surface area contributed by atoms with E-state index in [4.69, 9.17) is 9.15 Å². The zero-order chi connectivity index (χ0) is 18.3. The fraction of sp³-hybridized carbons (Fsp3) is 0.500. The van der Waals surface area contributed by atoms with Gasteiger partial charge in [-0.25, -0.2) is 4.68 Å². The molecule has 1 amide bonds. The van der Waals surface area contributed by atoms with Crippen LogP contribution < -0.4 is 5.32 Å². The molecule has 2 aliphatic rings. The van der Waals surface area contributed by atoms with E-state index < -0.39 is 24.2 Å². The molecule has 140 valence electrons. The van der Waals surface area contributed by atoms with Crippen LogP contribution in [-0.4, -0.2) is 53.1 Å². The van der Waals surface area contributed by atoms with E-state index in [2.05, 4.69) is 10.4 Å². The molecular formula is C16H17F3N4O3. The van der Waals surface area contributed by atoms with Crippen molar-refractivity contribution in [2.24, 2.45) is 0 Å². The summed E-state index contributed by atoms with van der Waals surface area (Å²) in [6.45, 7) is 1.60. The lowest BCUT2D eigenvalue weighted by atomic mass is 10.0. The number of morpholine rings is 1. The normalized spacial score (nSPS) is 23.4. The van der Waals surface area contributed by atoms with Crippen LogP contribution in [0.3, 0.4) is 0 Å². The average molecular weight is 370 g/mol. The monoisotopic (exact) mass is 370 g/mol. The quantitative estimate of drug-likeness (QED) is 0.880. The van der Waals surface area contributed by atoms with Gasteiger partial charge in [0.1, 0.15) is 11.6 Å². The maximum absolute atomic E-state index is 13.6. The summed E-state index contributed by atoms with van der Waals surface area (Å²) in [4.78, 5) is 14.1. The Hall–Kier alpha value is -2.49. The second kappa shape index (κ2) is 6.35. The van der Waals surface area contributed by atoms with Crippen LogP contribution in [0.1, 0.15) is 34.8 Å². The van der Waals surface area contributed by atoms with Crippen molar-refractivity contribution in [2.45, 2.75) is 24.7 Å². The van der Waals surface area contributed by atoms with E-state index in [0.717, 1.165) is 4.68 Å². The van der Waals surface area contributed by atoms with E-state index in [-0.39, 0.29) is 17.9 Å². The SMILES string of the molecule is O=C(c1cc2n(n1)C(C(F)(F)F)CC(c1ccco1)N2)N1CCOCC1. The van der Waals surface area contributed by atoms with Crippen molar-refractivity contribution in [1.82, 2.24) is 14.7 Å². The summed E-state index contributed by atoms with van der Waals surface area (Å²) < 4.78 is 52.0. The van der Waals surface area contributed by atoms with Crippen LogP contribution in [0.4, 0.5) is 19.0 Å². The van der Waals surface area contributed by atoms with Gasteiger partial charge in [-0.05, 0) is 12.1 Å². The zero-order valence-electron chi connectivity index (χ0n) is 13.7. The molecular weight excluding hydrogens is 353 g/mol. The van der Waals surface area contributed by atoms with E-state index in [1.807, 2.05) is 0 Å². The highest BCUT2D eigenvalue weighted by Gasteiger charge is 2.47. The van der Waals surface area contributed by atoms with Crippen LogP contribution in [0.2, 0.25) is 0 Å². The average Bonchev–Trinajstić information content (AvgIpc) is 3.29. The Labute approximate surface area is 146 Å². The highest BCUT2D eigenvalue weighted by atomic mass is 19.4. The summed E-state index contributed by atoms with van der Waals surface area (Å²) in [6, 6.07) is 2.13. The summed E-state index contributed by atoms with van der Waals surface area (Å²) in [5, 5.41) is 6.95. The van der Waals surface area contributed by atoms with Crippen molar-refractivity contribution >= 4 is 11.7 Å². The molecule has 2 aliphatic heterocycles. The first kappa shape index (κ1) is 17.0. The topological polar surface area (TPSA) is 72.5 Å². The van der Waals surface area contributed by atoms with Gasteiger partial charge in [-0.15, -0.1) is 0 Å². The molecule has 2 aromatic heterocycles. The number of aromatic nitrogens is 2. The summed E-state index contributed by atoms with van der Waals surface area (Å²) in [5.41, 5.74) is -0.0104. The summed E-state index contributed by atoms with van der Waals surface area (Å²) in [6.07, 6.45) is -3.34. The largest absolute Gasteiger partial charge is 0.467 e. The zero-order valence-corrected chi connectivity index (χ0v) is 13.7. The first-order valence-electron chi connectivity index (χ1n) is 8.26. The van der Waals surface area contributed by atoms with Crippen molar-refractivity contribution in [2.75, 3.05) is 31.6 Å². The Morgan fingerprint density at radius 1 is 1.31 bits per heavy atom. The Morgan fingerprint density at radius 2 is 2.08 bits per heavy atom. The van der Waals surface area contributed by atoms with Crippen molar-refractivity contribution in [3.05, 3.63) is 35.9 Å². The molecule has 4 heterocycles. The van der Waals surface area contributed by atoms with Gasteiger partial charge in [0.25, 0.3) is 5.91 Å². The molecule has 1 fully saturated rings. The van der Waals surface area contributed by atoms with Crippen LogP contribution in [0, 0.1) is 0 Å². The van der Waals surface area contributed by atoms with Gasteiger partial charge in [-0.3, -0.25) is 4.79 Å². The van der Waals surface area contributed by atoms with Gasteiger partial charge in [-0.1, -0.05) is 0 Å². The third-order valence-electron chi connectivity index (χ3n) is 4.59. The lowest BCUT2D eigenvalue weighted by molar-refractivity contribution is -0.174. The van der Waals surface area contributed by atoms with Gasteiger partial charge in [-0.2, -0.15) is 18.3 Å². The number of nitrogens with one attached hydrogen (secondary N) is 1. The second-order valence-corrected chi connectivity index (χ2v) is 6.27. The third kappa shape index (κ3) is 3.05. The summed E-state index contributed by atoms with van der Waals surface area (Å²) in [7, 11) is 0. The molecule has 10 heteroatoms. The van der Waals surface area contributed by atoms with Gasteiger partial charge in [0.2, 0.25) is 0 Å². The minimum atomic E-state index is -4.49. The first-order chi connectivity index (χ1) is 12.4. The van der Waals surface area contributed by atoms with Gasteiger partial charge in [0.15, 0.2) is 11.7 Å². The molecule has 2 unspecified atom stereocenters. The van der Waals surface area contributed by atoms with Gasteiger partial charge < -0.3 is 19.4 Å². The summed E-state index contributed by atoms with van der Waals surface area (Å²) in [5.74, 6) is 0.164. The van der Waals surface area contributed by atoms with E-state index in [9.17, 15) is 18.0 Å².